The zero-order chi connectivity index (χ0) is 20.6. The van der Waals surface area contributed by atoms with Crippen LogP contribution in [-0.2, 0) is 14.8 Å². The van der Waals surface area contributed by atoms with Crippen molar-refractivity contribution in [2.45, 2.75) is 17.9 Å². The van der Waals surface area contributed by atoms with Gasteiger partial charge in [0.25, 0.3) is 0 Å². The lowest BCUT2D eigenvalue weighted by molar-refractivity contribution is -0.144. The normalized spacial score (nSPS) is 17.4. The summed E-state index contributed by atoms with van der Waals surface area (Å²) in [6, 6.07) is 13.4. The number of H-pyrrole nitrogens is 1. The van der Waals surface area contributed by atoms with Crippen LogP contribution in [-0.4, -0.2) is 59.9 Å². The summed E-state index contributed by atoms with van der Waals surface area (Å²) >= 11 is 0. The Kier molecular flexibility index (Phi) is 5.16. The van der Waals surface area contributed by atoms with Crippen molar-refractivity contribution in [2.75, 3.05) is 26.2 Å². The second kappa shape index (κ2) is 7.62. The van der Waals surface area contributed by atoms with Gasteiger partial charge < -0.3 is 10.1 Å². The van der Waals surface area contributed by atoms with Crippen LogP contribution < -0.4 is 0 Å². The minimum Gasteiger partial charge on any atom is -0.480 e. The minimum absolute atomic E-state index is 0.252. The lowest BCUT2D eigenvalue weighted by Crippen LogP contribution is -2.50. The van der Waals surface area contributed by atoms with E-state index in [1.807, 2.05) is 30.0 Å². The Morgan fingerprint density at radius 2 is 1.76 bits per heavy atom. The zero-order valence-corrected chi connectivity index (χ0v) is 16.9. The van der Waals surface area contributed by atoms with Crippen LogP contribution in [0.5, 0.6) is 0 Å². The maximum absolute atomic E-state index is 12.8. The Morgan fingerprint density at radius 3 is 2.41 bits per heavy atom. The van der Waals surface area contributed by atoms with Crippen molar-refractivity contribution in [3.8, 4) is 0 Å². The van der Waals surface area contributed by atoms with Crippen molar-refractivity contribution in [2.24, 2.45) is 0 Å². The van der Waals surface area contributed by atoms with Gasteiger partial charge in [-0.05, 0) is 31.2 Å². The van der Waals surface area contributed by atoms with Gasteiger partial charge in [0.05, 0.1) is 4.90 Å². The highest BCUT2D eigenvalue weighted by molar-refractivity contribution is 7.89. The van der Waals surface area contributed by atoms with E-state index in [1.54, 1.807) is 36.5 Å². The Balaban J connectivity index is 1.57. The molecular weight excluding hydrogens is 390 g/mol. The molecule has 1 aliphatic heterocycles. The molecule has 1 unspecified atom stereocenters. The van der Waals surface area contributed by atoms with Gasteiger partial charge in [0.1, 0.15) is 6.04 Å². The average molecular weight is 413 g/mol. The summed E-state index contributed by atoms with van der Waals surface area (Å²) in [5.74, 6) is -0.938. The monoisotopic (exact) mass is 413 g/mol. The molecule has 0 aliphatic carbocycles. The number of nitrogens with zero attached hydrogens (tertiary/aromatic N) is 2. The van der Waals surface area contributed by atoms with Gasteiger partial charge in [-0.2, -0.15) is 4.31 Å². The number of carbonyl (C=O) groups is 1. The van der Waals surface area contributed by atoms with Crippen molar-refractivity contribution < 1.29 is 18.3 Å². The first-order chi connectivity index (χ1) is 13.9. The summed E-state index contributed by atoms with van der Waals surface area (Å²) in [5.41, 5.74) is 2.65. The Bertz CT molecular complexity index is 1130. The van der Waals surface area contributed by atoms with Crippen molar-refractivity contribution in [1.29, 1.82) is 0 Å². The molecule has 152 valence electrons. The van der Waals surface area contributed by atoms with Crippen molar-refractivity contribution in [1.82, 2.24) is 14.2 Å². The number of sulfonamides is 1. The molecule has 0 saturated carbocycles. The molecule has 4 rings (SSSR count). The first-order valence-corrected chi connectivity index (χ1v) is 10.9. The van der Waals surface area contributed by atoms with Crippen LogP contribution in [0.2, 0.25) is 0 Å². The van der Waals surface area contributed by atoms with Gasteiger partial charge in [0, 0.05) is 48.8 Å². The molecule has 0 amide bonds. The molecule has 7 nitrogen and oxygen atoms in total. The first-order valence-electron chi connectivity index (χ1n) is 9.47. The van der Waals surface area contributed by atoms with Gasteiger partial charge in [-0.15, -0.1) is 0 Å². The smallest absolute Gasteiger partial charge is 0.325 e. The summed E-state index contributed by atoms with van der Waals surface area (Å²) in [6.07, 6.45) is 1.75. The first kappa shape index (κ1) is 19.6. The number of aromatic amines is 1. The van der Waals surface area contributed by atoms with Crippen molar-refractivity contribution in [3.63, 3.8) is 0 Å². The van der Waals surface area contributed by atoms with E-state index in [2.05, 4.69) is 4.98 Å². The van der Waals surface area contributed by atoms with Gasteiger partial charge in [-0.25, -0.2) is 8.42 Å². The van der Waals surface area contributed by atoms with Crippen LogP contribution >= 0.6 is 0 Å². The number of hydrogen-bond donors (Lipinski definition) is 2. The maximum Gasteiger partial charge on any atom is 0.325 e. The quantitative estimate of drug-likeness (QED) is 0.671. The molecule has 1 aromatic heterocycles. The third-order valence-corrected chi connectivity index (χ3v) is 7.33. The third kappa shape index (κ3) is 3.66. The van der Waals surface area contributed by atoms with Crippen LogP contribution in [0.4, 0.5) is 0 Å². The second-order valence-electron chi connectivity index (χ2n) is 7.29. The maximum atomic E-state index is 12.8. The summed E-state index contributed by atoms with van der Waals surface area (Å²) in [6.45, 7) is 3.17. The molecule has 1 atom stereocenters. The number of aliphatic carboxylic acids is 1. The van der Waals surface area contributed by atoms with E-state index < -0.39 is 22.0 Å². The standard InChI is InChI=1S/C21H23N3O4S/c1-15-7-8-19-17(13-15)18(14-22-19)20(21(25)26)23-9-11-24(12-10-23)29(27,28)16-5-3-2-4-6-16/h2-8,13-14,20,22H,9-12H2,1H3,(H,25,26). The number of aromatic nitrogens is 1. The van der Waals surface area contributed by atoms with E-state index in [1.165, 1.54) is 4.31 Å². The summed E-state index contributed by atoms with van der Waals surface area (Å²) in [4.78, 5) is 17.4. The topological polar surface area (TPSA) is 93.7 Å². The average Bonchev–Trinajstić information content (AvgIpc) is 3.12. The summed E-state index contributed by atoms with van der Waals surface area (Å²) in [7, 11) is -3.57. The largest absolute Gasteiger partial charge is 0.480 e. The fourth-order valence-corrected chi connectivity index (χ4v) is 5.36. The number of aryl methyl sites for hydroxylation is 1. The lowest BCUT2D eigenvalue weighted by Gasteiger charge is -2.37. The second-order valence-corrected chi connectivity index (χ2v) is 9.22. The summed E-state index contributed by atoms with van der Waals surface area (Å²) in [5, 5.41) is 10.8. The van der Waals surface area contributed by atoms with E-state index in [9.17, 15) is 18.3 Å². The van der Waals surface area contributed by atoms with Gasteiger partial charge in [-0.1, -0.05) is 29.8 Å². The number of fused-ring (bicyclic) bond motifs is 1. The molecular formula is C21H23N3O4S. The molecule has 1 aliphatic rings. The highest BCUT2D eigenvalue weighted by Gasteiger charge is 2.35. The molecule has 3 aromatic rings. The van der Waals surface area contributed by atoms with Crippen molar-refractivity contribution in [3.05, 3.63) is 65.9 Å². The SMILES string of the molecule is Cc1ccc2[nH]cc(C(C(=O)O)N3CCN(S(=O)(=O)c4ccccc4)CC3)c2c1. The molecule has 0 bridgehead atoms. The van der Waals surface area contributed by atoms with Crippen LogP contribution in [0, 0.1) is 6.92 Å². The molecule has 1 fully saturated rings. The number of rotatable bonds is 5. The number of piperazine rings is 1. The highest BCUT2D eigenvalue weighted by Crippen LogP contribution is 2.31. The number of nitrogens with one attached hydrogen (secondary N) is 1. The molecule has 1 saturated heterocycles. The molecule has 0 radical (unpaired) electrons. The minimum atomic E-state index is -3.57. The summed E-state index contributed by atoms with van der Waals surface area (Å²) < 4.78 is 27.1. The number of carboxylic acids is 1. The van der Waals surface area contributed by atoms with Gasteiger partial charge in [0.2, 0.25) is 10.0 Å². The fourth-order valence-electron chi connectivity index (χ4n) is 3.91. The zero-order valence-electron chi connectivity index (χ0n) is 16.1. The number of benzene rings is 2. The number of hydrogen-bond acceptors (Lipinski definition) is 4. The van der Waals surface area contributed by atoms with E-state index >= 15 is 0 Å². The molecule has 29 heavy (non-hydrogen) atoms. The van der Waals surface area contributed by atoms with Gasteiger partial charge in [-0.3, -0.25) is 9.69 Å². The van der Waals surface area contributed by atoms with Crippen LogP contribution in [0.3, 0.4) is 0 Å². The Hall–Kier alpha value is -2.68. The molecule has 8 heteroatoms. The molecule has 0 spiro atoms. The predicted molar refractivity (Wildman–Crippen MR) is 110 cm³/mol. The third-order valence-electron chi connectivity index (χ3n) is 5.42. The van der Waals surface area contributed by atoms with E-state index in [0.717, 1.165) is 16.5 Å². The van der Waals surface area contributed by atoms with E-state index in [4.69, 9.17) is 0 Å². The lowest BCUT2D eigenvalue weighted by atomic mass is 10.0. The highest BCUT2D eigenvalue weighted by atomic mass is 32.2. The van der Waals surface area contributed by atoms with Crippen LogP contribution in [0.1, 0.15) is 17.2 Å². The van der Waals surface area contributed by atoms with E-state index in [-0.39, 0.29) is 18.0 Å². The van der Waals surface area contributed by atoms with Gasteiger partial charge >= 0.3 is 5.97 Å². The molecule has 2 aromatic carbocycles. The Labute approximate surface area is 169 Å². The fraction of sp³-hybridized carbons (Fsp3) is 0.286. The number of carboxylic acid groups (broad SMARTS) is 1. The van der Waals surface area contributed by atoms with Crippen LogP contribution in [0.15, 0.2) is 59.6 Å². The van der Waals surface area contributed by atoms with E-state index in [0.29, 0.717) is 18.7 Å². The van der Waals surface area contributed by atoms with Crippen molar-refractivity contribution >= 4 is 26.9 Å². The van der Waals surface area contributed by atoms with Gasteiger partial charge in [0.15, 0.2) is 0 Å². The molecule has 2 N–H and O–H groups in total. The predicted octanol–water partition coefficient (Wildman–Crippen LogP) is 2.61. The van der Waals surface area contributed by atoms with Crippen LogP contribution in [0.25, 0.3) is 10.9 Å². The Morgan fingerprint density at radius 1 is 1.07 bits per heavy atom. The molecule has 2 heterocycles.